The van der Waals surface area contributed by atoms with Gasteiger partial charge in [-0.1, -0.05) is 12.1 Å². The van der Waals surface area contributed by atoms with Crippen molar-refractivity contribution >= 4 is 23.3 Å². The maximum absolute atomic E-state index is 12.8. The Balaban J connectivity index is 1.49. The second-order valence-corrected chi connectivity index (χ2v) is 7.18. The monoisotopic (exact) mass is 365 g/mol. The van der Waals surface area contributed by atoms with Crippen LogP contribution in [0.1, 0.15) is 21.8 Å². The van der Waals surface area contributed by atoms with Crippen molar-refractivity contribution in [3.8, 4) is 5.75 Å². The highest BCUT2D eigenvalue weighted by Crippen LogP contribution is 2.26. The average molecular weight is 365 g/mol. The molecule has 0 N–H and O–H groups in total. The van der Waals surface area contributed by atoms with Crippen molar-refractivity contribution in [2.45, 2.75) is 19.5 Å². The second-order valence-electron chi connectivity index (χ2n) is 6.15. The lowest BCUT2D eigenvalue weighted by Gasteiger charge is -2.19. The van der Waals surface area contributed by atoms with Crippen molar-refractivity contribution in [1.29, 1.82) is 0 Å². The Morgan fingerprint density at radius 3 is 2.96 bits per heavy atom. The third kappa shape index (κ3) is 3.89. The number of thiophene rings is 1. The Morgan fingerprint density at radius 2 is 2.15 bits per heavy atom. The summed E-state index contributed by atoms with van der Waals surface area (Å²) in [5.41, 5.74) is 2.21. The molecule has 0 atom stereocenters. The van der Waals surface area contributed by atoms with E-state index in [9.17, 15) is 4.79 Å². The first-order valence-corrected chi connectivity index (χ1v) is 9.43. The van der Waals surface area contributed by atoms with Gasteiger partial charge in [-0.15, -0.1) is 11.3 Å². The van der Waals surface area contributed by atoms with Crippen LogP contribution in [0.4, 0.5) is 0 Å². The molecule has 0 spiro atoms. The maximum Gasteiger partial charge on any atom is 0.247 e. The van der Waals surface area contributed by atoms with Crippen molar-refractivity contribution in [3.05, 3.63) is 81.9 Å². The summed E-state index contributed by atoms with van der Waals surface area (Å²) < 4.78 is 10.9. The minimum absolute atomic E-state index is 0.0356. The summed E-state index contributed by atoms with van der Waals surface area (Å²) in [4.78, 5) is 15.7. The molecule has 0 bridgehead atoms. The van der Waals surface area contributed by atoms with E-state index in [0.717, 1.165) is 35.0 Å². The summed E-state index contributed by atoms with van der Waals surface area (Å²) in [6, 6.07) is 13.8. The summed E-state index contributed by atoms with van der Waals surface area (Å²) in [5, 5.41) is 2.02. The van der Waals surface area contributed by atoms with E-state index in [1.807, 2.05) is 47.9 Å². The maximum atomic E-state index is 12.8. The van der Waals surface area contributed by atoms with Gasteiger partial charge in [0.25, 0.3) is 0 Å². The first-order valence-electron chi connectivity index (χ1n) is 8.55. The SMILES string of the molecule is O=C(/C=C/c1ccc2c(c1)CCO2)N(Cc1ccco1)Cc1cccs1. The molecule has 132 valence electrons. The molecule has 4 rings (SSSR count). The van der Waals surface area contributed by atoms with E-state index in [2.05, 4.69) is 6.07 Å². The molecule has 1 amide bonds. The lowest BCUT2D eigenvalue weighted by Crippen LogP contribution is -2.27. The largest absolute Gasteiger partial charge is 0.493 e. The summed E-state index contributed by atoms with van der Waals surface area (Å²) in [5.74, 6) is 1.69. The minimum atomic E-state index is -0.0356. The number of carbonyl (C=O) groups excluding carboxylic acids is 1. The van der Waals surface area contributed by atoms with Crippen LogP contribution in [0.15, 0.2) is 64.6 Å². The van der Waals surface area contributed by atoms with E-state index in [1.165, 1.54) is 5.56 Å². The average Bonchev–Trinajstić information content (AvgIpc) is 3.40. The molecule has 1 aromatic carbocycles. The van der Waals surface area contributed by atoms with Crippen molar-refractivity contribution in [2.24, 2.45) is 0 Å². The van der Waals surface area contributed by atoms with Gasteiger partial charge in [0.05, 0.1) is 26.0 Å². The first-order chi connectivity index (χ1) is 12.8. The number of hydrogen-bond acceptors (Lipinski definition) is 4. The van der Waals surface area contributed by atoms with Gasteiger partial charge in [-0.3, -0.25) is 4.79 Å². The molecule has 2 aromatic heterocycles. The number of hydrogen-bond donors (Lipinski definition) is 0. The molecule has 1 aliphatic heterocycles. The zero-order valence-corrected chi connectivity index (χ0v) is 15.1. The quantitative estimate of drug-likeness (QED) is 0.603. The van der Waals surface area contributed by atoms with Gasteiger partial charge in [-0.05, 0) is 52.9 Å². The highest BCUT2D eigenvalue weighted by molar-refractivity contribution is 7.09. The van der Waals surface area contributed by atoms with E-state index in [4.69, 9.17) is 9.15 Å². The molecule has 4 nitrogen and oxygen atoms in total. The van der Waals surface area contributed by atoms with Crippen LogP contribution >= 0.6 is 11.3 Å². The molecule has 1 aliphatic rings. The van der Waals surface area contributed by atoms with Gasteiger partial charge in [0, 0.05) is 17.4 Å². The number of carbonyl (C=O) groups is 1. The molecule has 0 saturated heterocycles. The van der Waals surface area contributed by atoms with Crippen LogP contribution in [0.25, 0.3) is 6.08 Å². The second kappa shape index (κ2) is 7.62. The molecule has 0 unspecified atom stereocenters. The fourth-order valence-corrected chi connectivity index (χ4v) is 3.70. The summed E-state index contributed by atoms with van der Waals surface area (Å²) in [6.45, 7) is 1.75. The molecular formula is C21H19NO3S. The summed E-state index contributed by atoms with van der Waals surface area (Å²) in [7, 11) is 0. The van der Waals surface area contributed by atoms with Crippen molar-refractivity contribution < 1.29 is 13.9 Å². The fourth-order valence-electron chi connectivity index (χ4n) is 2.98. The van der Waals surface area contributed by atoms with Crippen LogP contribution < -0.4 is 4.74 Å². The normalized spacial score (nSPS) is 12.9. The lowest BCUT2D eigenvalue weighted by atomic mass is 10.1. The van der Waals surface area contributed by atoms with Crippen LogP contribution in [-0.4, -0.2) is 17.4 Å². The van der Waals surface area contributed by atoms with Crippen LogP contribution in [0, 0.1) is 0 Å². The summed E-state index contributed by atoms with van der Waals surface area (Å²) >= 11 is 1.65. The Labute approximate surface area is 156 Å². The topological polar surface area (TPSA) is 42.7 Å². The Hall–Kier alpha value is -2.79. The third-order valence-electron chi connectivity index (χ3n) is 4.30. The minimum Gasteiger partial charge on any atom is -0.493 e. The van der Waals surface area contributed by atoms with Crippen molar-refractivity contribution in [1.82, 2.24) is 4.90 Å². The fraction of sp³-hybridized carbons (Fsp3) is 0.190. The third-order valence-corrected chi connectivity index (χ3v) is 5.16. The van der Waals surface area contributed by atoms with Gasteiger partial charge in [0.15, 0.2) is 0 Å². The van der Waals surface area contributed by atoms with Crippen LogP contribution in [0.3, 0.4) is 0 Å². The summed E-state index contributed by atoms with van der Waals surface area (Å²) in [6.07, 6.45) is 6.05. The number of fused-ring (bicyclic) bond motifs is 1. The highest BCUT2D eigenvalue weighted by atomic mass is 32.1. The van der Waals surface area contributed by atoms with Crippen molar-refractivity contribution in [2.75, 3.05) is 6.61 Å². The van der Waals surface area contributed by atoms with Crippen molar-refractivity contribution in [3.63, 3.8) is 0 Å². The standard InChI is InChI=1S/C21H19NO3S/c23-21(8-6-16-5-7-20-17(13-16)9-11-25-20)22(14-18-3-1-10-24-18)15-19-4-2-12-26-19/h1-8,10,12-13H,9,11,14-15H2/b8-6+. The molecule has 26 heavy (non-hydrogen) atoms. The number of furan rings is 1. The van der Waals surface area contributed by atoms with Crippen LogP contribution in [0.2, 0.25) is 0 Å². The molecule has 5 heteroatoms. The van der Waals surface area contributed by atoms with Gasteiger partial charge < -0.3 is 14.1 Å². The number of benzene rings is 1. The Morgan fingerprint density at radius 1 is 1.19 bits per heavy atom. The smallest absolute Gasteiger partial charge is 0.247 e. The predicted octanol–water partition coefficient (Wildman–Crippen LogP) is 4.52. The number of rotatable bonds is 6. The first kappa shape index (κ1) is 16.7. The van der Waals surface area contributed by atoms with Gasteiger partial charge in [-0.25, -0.2) is 0 Å². The van der Waals surface area contributed by atoms with Gasteiger partial charge in [0.2, 0.25) is 5.91 Å². The van der Waals surface area contributed by atoms with Gasteiger partial charge >= 0.3 is 0 Å². The van der Waals surface area contributed by atoms with E-state index in [1.54, 1.807) is 28.6 Å². The molecule has 0 fully saturated rings. The molecule has 0 radical (unpaired) electrons. The molecule has 3 heterocycles. The zero-order valence-electron chi connectivity index (χ0n) is 14.3. The Bertz CT molecular complexity index is 861. The van der Waals surface area contributed by atoms with E-state index >= 15 is 0 Å². The number of amides is 1. The van der Waals surface area contributed by atoms with E-state index < -0.39 is 0 Å². The molecule has 3 aromatic rings. The number of ether oxygens (including phenoxy) is 1. The van der Waals surface area contributed by atoms with Gasteiger partial charge in [-0.2, -0.15) is 0 Å². The molecular weight excluding hydrogens is 346 g/mol. The van der Waals surface area contributed by atoms with Crippen LogP contribution in [-0.2, 0) is 24.3 Å². The lowest BCUT2D eigenvalue weighted by molar-refractivity contribution is -0.127. The van der Waals surface area contributed by atoms with Crippen LogP contribution in [0.5, 0.6) is 5.75 Å². The van der Waals surface area contributed by atoms with Gasteiger partial charge in [0.1, 0.15) is 11.5 Å². The predicted molar refractivity (Wildman–Crippen MR) is 102 cm³/mol. The molecule has 0 saturated carbocycles. The van der Waals surface area contributed by atoms with E-state index in [-0.39, 0.29) is 5.91 Å². The number of nitrogens with zero attached hydrogens (tertiary/aromatic N) is 1. The Kier molecular flexibility index (Phi) is 4.88. The van der Waals surface area contributed by atoms with E-state index in [0.29, 0.717) is 13.1 Å². The highest BCUT2D eigenvalue weighted by Gasteiger charge is 2.15. The molecule has 0 aliphatic carbocycles. The zero-order chi connectivity index (χ0) is 17.8.